The molecule has 0 aliphatic rings. The molecular weight excluding hydrogens is 314 g/mol. The molecule has 1 amide bonds. The monoisotopic (exact) mass is 335 g/mol. The normalized spacial score (nSPS) is 11.8. The average molecular weight is 335 g/mol. The summed E-state index contributed by atoms with van der Waals surface area (Å²) < 4.78 is 10.9. The quantitative estimate of drug-likeness (QED) is 0.737. The molecule has 3 aromatic rings. The molecule has 0 spiro atoms. The molecule has 0 aromatic heterocycles. The zero-order chi connectivity index (χ0) is 17.6. The van der Waals surface area contributed by atoms with Crippen LogP contribution in [0.3, 0.4) is 0 Å². The van der Waals surface area contributed by atoms with Gasteiger partial charge in [-0.05, 0) is 36.1 Å². The third-order valence-electron chi connectivity index (χ3n) is 4.10. The number of rotatable bonds is 6. The Morgan fingerprint density at radius 1 is 1.00 bits per heavy atom. The van der Waals surface area contributed by atoms with Crippen LogP contribution < -0.4 is 14.8 Å². The van der Waals surface area contributed by atoms with Gasteiger partial charge in [0.05, 0.1) is 13.2 Å². The molecule has 128 valence electrons. The van der Waals surface area contributed by atoms with Crippen molar-refractivity contribution in [3.05, 3.63) is 72.3 Å². The van der Waals surface area contributed by atoms with Gasteiger partial charge in [-0.1, -0.05) is 48.5 Å². The Morgan fingerprint density at radius 3 is 2.48 bits per heavy atom. The first kappa shape index (κ1) is 16.8. The smallest absolute Gasteiger partial charge is 0.258 e. The van der Waals surface area contributed by atoms with Crippen LogP contribution in [-0.4, -0.2) is 19.6 Å². The van der Waals surface area contributed by atoms with Gasteiger partial charge in [-0.25, -0.2) is 0 Å². The van der Waals surface area contributed by atoms with E-state index in [2.05, 4.69) is 5.32 Å². The zero-order valence-electron chi connectivity index (χ0n) is 14.4. The van der Waals surface area contributed by atoms with E-state index in [-0.39, 0.29) is 18.6 Å². The van der Waals surface area contributed by atoms with E-state index in [0.29, 0.717) is 5.75 Å². The maximum Gasteiger partial charge on any atom is 0.258 e. The van der Waals surface area contributed by atoms with E-state index in [1.807, 2.05) is 73.7 Å². The van der Waals surface area contributed by atoms with E-state index in [0.717, 1.165) is 22.1 Å². The first-order valence-corrected chi connectivity index (χ1v) is 8.21. The van der Waals surface area contributed by atoms with Crippen molar-refractivity contribution in [1.29, 1.82) is 0 Å². The summed E-state index contributed by atoms with van der Waals surface area (Å²) in [5, 5.41) is 5.04. The van der Waals surface area contributed by atoms with E-state index in [1.54, 1.807) is 7.11 Å². The number of hydrogen-bond acceptors (Lipinski definition) is 3. The SMILES string of the molecule is COc1ccc(C(C)NC(=O)COc2cccc3ccccc23)cc1. The van der Waals surface area contributed by atoms with Gasteiger partial charge in [-0.2, -0.15) is 0 Å². The van der Waals surface area contributed by atoms with Crippen LogP contribution in [0.5, 0.6) is 11.5 Å². The summed E-state index contributed by atoms with van der Waals surface area (Å²) in [5.41, 5.74) is 1.01. The molecule has 25 heavy (non-hydrogen) atoms. The Labute approximate surface area is 147 Å². The molecule has 1 N–H and O–H groups in total. The Bertz CT molecular complexity index is 853. The highest BCUT2D eigenvalue weighted by atomic mass is 16.5. The number of ether oxygens (including phenoxy) is 2. The van der Waals surface area contributed by atoms with Crippen molar-refractivity contribution in [3.8, 4) is 11.5 Å². The van der Waals surface area contributed by atoms with Gasteiger partial charge in [-0.15, -0.1) is 0 Å². The van der Waals surface area contributed by atoms with Gasteiger partial charge in [0.1, 0.15) is 11.5 Å². The number of nitrogens with one attached hydrogen (secondary N) is 1. The fourth-order valence-electron chi connectivity index (χ4n) is 2.72. The van der Waals surface area contributed by atoms with Crippen molar-refractivity contribution < 1.29 is 14.3 Å². The van der Waals surface area contributed by atoms with Gasteiger partial charge in [0.2, 0.25) is 0 Å². The van der Waals surface area contributed by atoms with Gasteiger partial charge in [0, 0.05) is 5.39 Å². The van der Waals surface area contributed by atoms with Gasteiger partial charge >= 0.3 is 0 Å². The Morgan fingerprint density at radius 2 is 1.72 bits per heavy atom. The summed E-state index contributed by atoms with van der Waals surface area (Å²) in [6, 6.07) is 21.3. The first-order chi connectivity index (χ1) is 12.2. The highest BCUT2D eigenvalue weighted by Crippen LogP contribution is 2.25. The summed E-state index contributed by atoms with van der Waals surface area (Å²) in [4.78, 5) is 12.2. The molecule has 0 saturated carbocycles. The zero-order valence-corrected chi connectivity index (χ0v) is 14.4. The molecule has 0 radical (unpaired) electrons. The van der Waals surface area contributed by atoms with Crippen LogP contribution in [0.25, 0.3) is 10.8 Å². The Balaban J connectivity index is 1.60. The second-order valence-corrected chi connectivity index (χ2v) is 5.83. The van der Waals surface area contributed by atoms with Crippen LogP contribution in [0.15, 0.2) is 66.7 Å². The lowest BCUT2D eigenvalue weighted by atomic mass is 10.1. The lowest BCUT2D eigenvalue weighted by Crippen LogP contribution is -2.31. The lowest BCUT2D eigenvalue weighted by Gasteiger charge is -2.15. The Kier molecular flexibility index (Phi) is 5.19. The summed E-state index contributed by atoms with van der Waals surface area (Å²) in [6.45, 7) is 1.92. The maximum absolute atomic E-state index is 12.2. The van der Waals surface area contributed by atoms with Crippen molar-refractivity contribution in [2.24, 2.45) is 0 Å². The fourth-order valence-corrected chi connectivity index (χ4v) is 2.72. The standard InChI is InChI=1S/C21H21NO3/c1-15(16-10-12-18(24-2)13-11-16)22-21(23)14-25-20-9-5-7-17-6-3-4-8-19(17)20/h3-13,15H,14H2,1-2H3,(H,22,23). The molecule has 4 nitrogen and oxygen atoms in total. The number of benzene rings is 3. The molecule has 0 saturated heterocycles. The Hall–Kier alpha value is -3.01. The molecular formula is C21H21NO3. The van der Waals surface area contributed by atoms with Crippen LogP contribution in [0.2, 0.25) is 0 Å². The highest BCUT2D eigenvalue weighted by molar-refractivity contribution is 5.88. The van der Waals surface area contributed by atoms with Crippen LogP contribution in [-0.2, 0) is 4.79 Å². The molecule has 0 heterocycles. The first-order valence-electron chi connectivity index (χ1n) is 8.21. The summed E-state index contributed by atoms with van der Waals surface area (Å²) >= 11 is 0. The second-order valence-electron chi connectivity index (χ2n) is 5.83. The molecule has 1 unspecified atom stereocenters. The minimum atomic E-state index is -0.156. The third kappa shape index (κ3) is 4.10. The van der Waals surface area contributed by atoms with Gasteiger partial charge in [0.15, 0.2) is 6.61 Å². The summed E-state index contributed by atoms with van der Waals surface area (Å²) in [7, 11) is 1.63. The summed E-state index contributed by atoms with van der Waals surface area (Å²) in [6.07, 6.45) is 0. The van der Waals surface area contributed by atoms with Gasteiger partial charge < -0.3 is 14.8 Å². The van der Waals surface area contributed by atoms with Crippen molar-refractivity contribution in [2.75, 3.05) is 13.7 Å². The number of carbonyl (C=O) groups is 1. The van der Waals surface area contributed by atoms with Gasteiger partial charge in [-0.3, -0.25) is 4.79 Å². The van der Waals surface area contributed by atoms with Gasteiger partial charge in [0.25, 0.3) is 5.91 Å². The van der Waals surface area contributed by atoms with Crippen LogP contribution in [0.4, 0.5) is 0 Å². The molecule has 3 rings (SSSR count). The second kappa shape index (κ2) is 7.71. The van der Waals surface area contributed by atoms with E-state index < -0.39 is 0 Å². The predicted molar refractivity (Wildman–Crippen MR) is 99.0 cm³/mol. The average Bonchev–Trinajstić information content (AvgIpc) is 2.66. The molecule has 0 bridgehead atoms. The molecule has 0 fully saturated rings. The van der Waals surface area contributed by atoms with E-state index >= 15 is 0 Å². The van der Waals surface area contributed by atoms with Crippen molar-refractivity contribution >= 4 is 16.7 Å². The van der Waals surface area contributed by atoms with E-state index in [4.69, 9.17) is 9.47 Å². The molecule has 0 aliphatic carbocycles. The number of fused-ring (bicyclic) bond motifs is 1. The predicted octanol–water partition coefficient (Wildman–Crippen LogP) is 4.10. The fraction of sp³-hybridized carbons (Fsp3) is 0.190. The van der Waals surface area contributed by atoms with Crippen molar-refractivity contribution in [2.45, 2.75) is 13.0 Å². The van der Waals surface area contributed by atoms with Crippen molar-refractivity contribution in [1.82, 2.24) is 5.32 Å². The van der Waals surface area contributed by atoms with Crippen LogP contribution >= 0.6 is 0 Å². The lowest BCUT2D eigenvalue weighted by molar-refractivity contribution is -0.123. The maximum atomic E-state index is 12.2. The van der Waals surface area contributed by atoms with E-state index in [9.17, 15) is 4.79 Å². The third-order valence-corrected chi connectivity index (χ3v) is 4.10. The highest BCUT2D eigenvalue weighted by Gasteiger charge is 2.11. The van der Waals surface area contributed by atoms with Crippen LogP contribution in [0, 0.1) is 0 Å². The van der Waals surface area contributed by atoms with Crippen LogP contribution in [0.1, 0.15) is 18.5 Å². The number of hydrogen-bond donors (Lipinski definition) is 1. The number of methoxy groups -OCH3 is 1. The van der Waals surface area contributed by atoms with Crippen molar-refractivity contribution in [3.63, 3.8) is 0 Å². The summed E-state index contributed by atoms with van der Waals surface area (Å²) in [5.74, 6) is 1.35. The topological polar surface area (TPSA) is 47.6 Å². The molecule has 1 atom stereocenters. The van der Waals surface area contributed by atoms with E-state index in [1.165, 1.54) is 0 Å². The molecule has 3 aromatic carbocycles. The number of amides is 1. The minimum absolute atomic E-state index is 0.0193. The molecule has 4 heteroatoms. The molecule has 0 aliphatic heterocycles. The largest absolute Gasteiger partial charge is 0.497 e. The number of carbonyl (C=O) groups excluding carboxylic acids is 1. The minimum Gasteiger partial charge on any atom is -0.497 e.